The smallest absolute Gasteiger partial charge is 0.0843 e. The SMILES string of the molecule is CSC1C=CC(CNCCN(CC2=CNCN2)C2=CCC(c3ccccc3)C=C2C)=CC1. The molecule has 0 amide bonds. The fourth-order valence-corrected chi connectivity index (χ4v) is 5.07. The van der Waals surface area contributed by atoms with Crippen molar-refractivity contribution in [3.8, 4) is 0 Å². The molecule has 1 aromatic carbocycles. The van der Waals surface area contributed by atoms with Gasteiger partial charge in [-0.3, -0.25) is 0 Å². The van der Waals surface area contributed by atoms with Crippen LogP contribution in [0.4, 0.5) is 0 Å². The lowest BCUT2D eigenvalue weighted by molar-refractivity contribution is 0.365. The molecule has 2 aliphatic carbocycles. The predicted molar refractivity (Wildman–Crippen MR) is 138 cm³/mol. The van der Waals surface area contributed by atoms with E-state index in [9.17, 15) is 0 Å². The quantitative estimate of drug-likeness (QED) is 0.460. The summed E-state index contributed by atoms with van der Waals surface area (Å²) in [4.78, 5) is 2.51. The number of hydrogen-bond acceptors (Lipinski definition) is 5. The molecule has 3 N–H and O–H groups in total. The molecule has 0 spiro atoms. The van der Waals surface area contributed by atoms with Gasteiger partial charge in [-0.25, -0.2) is 0 Å². The first-order chi connectivity index (χ1) is 15.7. The van der Waals surface area contributed by atoms with E-state index < -0.39 is 0 Å². The molecule has 4 nitrogen and oxygen atoms in total. The van der Waals surface area contributed by atoms with Gasteiger partial charge in [-0.2, -0.15) is 11.8 Å². The van der Waals surface area contributed by atoms with Crippen LogP contribution in [-0.4, -0.2) is 49.3 Å². The molecule has 0 saturated heterocycles. The molecule has 1 aromatic rings. The molecular formula is C27H36N4S. The summed E-state index contributed by atoms with van der Waals surface area (Å²) in [7, 11) is 0. The van der Waals surface area contributed by atoms with Gasteiger partial charge in [0.25, 0.3) is 0 Å². The van der Waals surface area contributed by atoms with Crippen molar-refractivity contribution in [2.75, 3.05) is 39.1 Å². The Labute approximate surface area is 197 Å². The van der Waals surface area contributed by atoms with Gasteiger partial charge in [-0.15, -0.1) is 0 Å². The molecule has 5 heteroatoms. The molecule has 3 aliphatic rings. The van der Waals surface area contributed by atoms with Crippen LogP contribution in [-0.2, 0) is 0 Å². The van der Waals surface area contributed by atoms with E-state index in [0.29, 0.717) is 11.2 Å². The highest BCUT2D eigenvalue weighted by atomic mass is 32.2. The van der Waals surface area contributed by atoms with Crippen LogP contribution in [0.5, 0.6) is 0 Å². The second-order valence-electron chi connectivity index (χ2n) is 8.67. The molecule has 2 atom stereocenters. The summed E-state index contributed by atoms with van der Waals surface area (Å²) in [5.41, 5.74) is 6.80. The number of rotatable bonds is 10. The number of benzene rings is 1. The first-order valence-electron chi connectivity index (χ1n) is 11.7. The normalized spacial score (nSPS) is 22.3. The van der Waals surface area contributed by atoms with Crippen LogP contribution in [0.1, 0.15) is 31.2 Å². The van der Waals surface area contributed by atoms with Crippen LogP contribution in [0.3, 0.4) is 0 Å². The predicted octanol–water partition coefficient (Wildman–Crippen LogP) is 4.51. The fourth-order valence-electron chi connectivity index (χ4n) is 4.55. The van der Waals surface area contributed by atoms with Crippen molar-refractivity contribution in [2.24, 2.45) is 0 Å². The van der Waals surface area contributed by atoms with Crippen molar-refractivity contribution >= 4 is 11.8 Å². The number of allylic oxidation sites excluding steroid dienone is 4. The van der Waals surface area contributed by atoms with Crippen molar-refractivity contribution in [3.63, 3.8) is 0 Å². The van der Waals surface area contributed by atoms with Gasteiger partial charge in [-0.05, 0) is 42.7 Å². The maximum Gasteiger partial charge on any atom is 0.0843 e. The Balaban J connectivity index is 1.35. The van der Waals surface area contributed by atoms with E-state index in [4.69, 9.17) is 0 Å². The van der Waals surface area contributed by atoms with Crippen molar-refractivity contribution in [1.29, 1.82) is 0 Å². The summed E-state index contributed by atoms with van der Waals surface area (Å²) in [6, 6.07) is 10.8. The molecule has 1 aliphatic heterocycles. The highest BCUT2D eigenvalue weighted by Gasteiger charge is 2.20. The number of nitrogens with zero attached hydrogens (tertiary/aromatic N) is 1. The van der Waals surface area contributed by atoms with Crippen LogP contribution in [0.15, 0.2) is 89.5 Å². The van der Waals surface area contributed by atoms with Crippen LogP contribution >= 0.6 is 11.8 Å². The van der Waals surface area contributed by atoms with E-state index in [1.807, 2.05) is 11.8 Å². The Morgan fingerprint density at radius 3 is 2.72 bits per heavy atom. The van der Waals surface area contributed by atoms with Gasteiger partial charge in [-0.1, -0.05) is 60.7 Å². The highest BCUT2D eigenvalue weighted by Crippen LogP contribution is 2.32. The average Bonchev–Trinajstić information content (AvgIpc) is 3.35. The van der Waals surface area contributed by atoms with E-state index in [0.717, 1.165) is 45.7 Å². The minimum Gasteiger partial charge on any atom is -0.372 e. The third kappa shape index (κ3) is 6.11. The molecule has 0 bridgehead atoms. The molecule has 0 aromatic heterocycles. The largest absolute Gasteiger partial charge is 0.372 e. The Hall–Kier alpha value is -2.37. The third-order valence-electron chi connectivity index (χ3n) is 6.37. The Morgan fingerprint density at radius 1 is 1.16 bits per heavy atom. The van der Waals surface area contributed by atoms with E-state index in [2.05, 4.69) is 101 Å². The summed E-state index contributed by atoms with van der Waals surface area (Å²) in [5.74, 6) is 0.473. The summed E-state index contributed by atoms with van der Waals surface area (Å²) >= 11 is 1.92. The Bertz CT molecular complexity index is 913. The minimum atomic E-state index is 0.473. The summed E-state index contributed by atoms with van der Waals surface area (Å²) in [5, 5.41) is 11.0. The van der Waals surface area contributed by atoms with Gasteiger partial charge in [0.05, 0.1) is 13.2 Å². The monoisotopic (exact) mass is 448 g/mol. The van der Waals surface area contributed by atoms with Crippen LogP contribution in [0, 0.1) is 0 Å². The zero-order valence-corrected chi connectivity index (χ0v) is 20.1. The zero-order chi connectivity index (χ0) is 22.2. The van der Waals surface area contributed by atoms with E-state index in [1.165, 1.54) is 28.1 Å². The highest BCUT2D eigenvalue weighted by molar-refractivity contribution is 7.99. The molecule has 0 saturated carbocycles. The van der Waals surface area contributed by atoms with Gasteiger partial charge in [0.15, 0.2) is 0 Å². The lowest BCUT2D eigenvalue weighted by atomic mass is 9.88. The van der Waals surface area contributed by atoms with Gasteiger partial charge >= 0.3 is 0 Å². The second kappa shape index (κ2) is 11.5. The molecule has 0 radical (unpaired) electrons. The average molecular weight is 449 g/mol. The van der Waals surface area contributed by atoms with E-state index in [1.54, 1.807) is 0 Å². The Morgan fingerprint density at radius 2 is 2.03 bits per heavy atom. The van der Waals surface area contributed by atoms with Gasteiger partial charge in [0, 0.05) is 48.4 Å². The molecule has 2 unspecified atom stereocenters. The summed E-state index contributed by atoms with van der Waals surface area (Å²) in [6.07, 6.45) is 18.4. The van der Waals surface area contributed by atoms with Crippen molar-refractivity contribution < 1.29 is 0 Å². The minimum absolute atomic E-state index is 0.473. The van der Waals surface area contributed by atoms with Crippen LogP contribution in [0.25, 0.3) is 0 Å². The second-order valence-corrected chi connectivity index (χ2v) is 9.74. The lowest BCUT2D eigenvalue weighted by Crippen LogP contribution is -2.36. The van der Waals surface area contributed by atoms with E-state index >= 15 is 0 Å². The Kier molecular flexibility index (Phi) is 8.18. The molecule has 4 rings (SSSR count). The van der Waals surface area contributed by atoms with Crippen molar-refractivity contribution in [1.82, 2.24) is 20.9 Å². The molecule has 170 valence electrons. The maximum atomic E-state index is 3.66. The van der Waals surface area contributed by atoms with Gasteiger partial charge in [0.1, 0.15) is 0 Å². The van der Waals surface area contributed by atoms with Crippen molar-refractivity contribution in [2.45, 2.75) is 30.9 Å². The molecule has 1 heterocycles. The van der Waals surface area contributed by atoms with Crippen LogP contribution in [0.2, 0.25) is 0 Å². The van der Waals surface area contributed by atoms with E-state index in [-0.39, 0.29) is 0 Å². The van der Waals surface area contributed by atoms with Crippen LogP contribution < -0.4 is 16.0 Å². The number of hydrogen-bond donors (Lipinski definition) is 3. The van der Waals surface area contributed by atoms with Gasteiger partial charge < -0.3 is 20.9 Å². The zero-order valence-electron chi connectivity index (χ0n) is 19.3. The summed E-state index contributed by atoms with van der Waals surface area (Å²) in [6.45, 7) is 6.87. The molecule has 0 fully saturated rings. The standard InChI is InChI=1S/C27H36N4S/c1-21-16-24(23-6-4-3-5-7-23)10-13-27(21)31(19-25-18-29-20-30-25)15-14-28-17-22-8-11-26(32-2)12-9-22/h3-9,11,13,16,18,24,26,28-30H,10,12,14-15,17,19-20H2,1-2H3. The first-order valence-corrected chi connectivity index (χ1v) is 13.0. The fraction of sp³-hybridized carbons (Fsp3) is 0.407. The van der Waals surface area contributed by atoms with Gasteiger partial charge in [0.2, 0.25) is 0 Å². The number of nitrogens with one attached hydrogen (secondary N) is 3. The number of thioether (sulfide) groups is 1. The third-order valence-corrected chi connectivity index (χ3v) is 7.33. The molecular weight excluding hydrogens is 412 g/mol. The van der Waals surface area contributed by atoms with Crippen molar-refractivity contribution in [3.05, 3.63) is 95.0 Å². The topological polar surface area (TPSA) is 39.3 Å². The molecule has 32 heavy (non-hydrogen) atoms. The maximum absolute atomic E-state index is 3.66. The summed E-state index contributed by atoms with van der Waals surface area (Å²) < 4.78 is 0. The first kappa shape index (κ1) is 22.8. The lowest BCUT2D eigenvalue weighted by Gasteiger charge is -2.32.